The SMILES string of the molecule is O=C(O)C1CC(O)CN1C(=O)N1CCc2sccc2C1. The summed E-state index contributed by atoms with van der Waals surface area (Å²) in [5, 5.41) is 20.8. The zero-order valence-electron chi connectivity index (χ0n) is 10.9. The molecule has 0 aromatic carbocycles. The minimum Gasteiger partial charge on any atom is -0.480 e. The number of aliphatic hydroxyl groups excluding tert-OH is 1. The van der Waals surface area contributed by atoms with Crippen molar-refractivity contribution in [1.29, 1.82) is 0 Å². The number of amides is 2. The first-order chi connectivity index (χ1) is 9.56. The van der Waals surface area contributed by atoms with Crippen LogP contribution in [-0.2, 0) is 17.8 Å². The van der Waals surface area contributed by atoms with Crippen LogP contribution in [0.1, 0.15) is 16.9 Å². The van der Waals surface area contributed by atoms with Gasteiger partial charge in [-0.05, 0) is 23.4 Å². The fourth-order valence-electron chi connectivity index (χ4n) is 2.85. The molecule has 0 aliphatic carbocycles. The van der Waals surface area contributed by atoms with Crippen LogP contribution in [0.3, 0.4) is 0 Å². The van der Waals surface area contributed by atoms with Gasteiger partial charge in [0.05, 0.1) is 6.10 Å². The van der Waals surface area contributed by atoms with Gasteiger partial charge in [-0.2, -0.15) is 0 Å². The second kappa shape index (κ2) is 5.06. The number of carboxylic acids is 1. The van der Waals surface area contributed by atoms with Crippen molar-refractivity contribution in [3.8, 4) is 0 Å². The van der Waals surface area contributed by atoms with E-state index in [0.29, 0.717) is 13.1 Å². The van der Waals surface area contributed by atoms with Crippen molar-refractivity contribution >= 4 is 23.3 Å². The summed E-state index contributed by atoms with van der Waals surface area (Å²) >= 11 is 1.69. The van der Waals surface area contributed by atoms with E-state index in [2.05, 4.69) is 0 Å². The normalized spacial score (nSPS) is 25.6. The first-order valence-corrected chi connectivity index (χ1v) is 7.46. The van der Waals surface area contributed by atoms with Gasteiger partial charge < -0.3 is 20.0 Å². The second-order valence-corrected chi connectivity index (χ2v) is 6.22. The Morgan fingerprint density at radius 3 is 2.95 bits per heavy atom. The maximum absolute atomic E-state index is 12.5. The Balaban J connectivity index is 1.74. The molecule has 1 fully saturated rings. The van der Waals surface area contributed by atoms with Gasteiger partial charge in [-0.1, -0.05) is 0 Å². The molecule has 2 amide bonds. The van der Waals surface area contributed by atoms with Crippen molar-refractivity contribution in [1.82, 2.24) is 9.80 Å². The summed E-state index contributed by atoms with van der Waals surface area (Å²) in [6, 6.07) is 0.805. The molecular formula is C13H16N2O4S. The van der Waals surface area contributed by atoms with Gasteiger partial charge in [-0.15, -0.1) is 11.3 Å². The van der Waals surface area contributed by atoms with E-state index in [4.69, 9.17) is 5.11 Å². The van der Waals surface area contributed by atoms with E-state index in [9.17, 15) is 14.7 Å². The van der Waals surface area contributed by atoms with E-state index in [0.717, 1.165) is 12.0 Å². The second-order valence-electron chi connectivity index (χ2n) is 5.22. The topological polar surface area (TPSA) is 81.1 Å². The van der Waals surface area contributed by atoms with Gasteiger partial charge in [0.2, 0.25) is 0 Å². The number of thiophene rings is 1. The average Bonchev–Trinajstić information content (AvgIpc) is 3.02. The third kappa shape index (κ3) is 2.27. The summed E-state index contributed by atoms with van der Waals surface area (Å²) < 4.78 is 0. The van der Waals surface area contributed by atoms with E-state index in [1.807, 2.05) is 11.4 Å². The van der Waals surface area contributed by atoms with Crippen LogP contribution in [0.25, 0.3) is 0 Å². The van der Waals surface area contributed by atoms with Gasteiger partial charge >= 0.3 is 12.0 Å². The van der Waals surface area contributed by atoms with Gasteiger partial charge in [0, 0.05) is 30.9 Å². The van der Waals surface area contributed by atoms with Crippen molar-refractivity contribution in [2.24, 2.45) is 0 Å². The summed E-state index contributed by atoms with van der Waals surface area (Å²) in [5.41, 5.74) is 1.14. The van der Waals surface area contributed by atoms with Crippen molar-refractivity contribution in [3.05, 3.63) is 21.9 Å². The first-order valence-electron chi connectivity index (χ1n) is 6.58. The molecule has 2 unspecified atom stereocenters. The zero-order valence-corrected chi connectivity index (χ0v) is 11.7. The summed E-state index contributed by atoms with van der Waals surface area (Å²) in [4.78, 5) is 27.9. The molecule has 2 aliphatic rings. The lowest BCUT2D eigenvalue weighted by Crippen LogP contribution is -2.49. The molecule has 3 rings (SSSR count). The van der Waals surface area contributed by atoms with Crippen LogP contribution in [0.15, 0.2) is 11.4 Å². The van der Waals surface area contributed by atoms with Gasteiger partial charge in [-0.3, -0.25) is 0 Å². The van der Waals surface area contributed by atoms with E-state index in [1.165, 1.54) is 9.78 Å². The number of carboxylic acid groups (broad SMARTS) is 1. The van der Waals surface area contributed by atoms with Gasteiger partial charge in [0.1, 0.15) is 6.04 Å². The molecule has 2 atom stereocenters. The van der Waals surface area contributed by atoms with Crippen molar-refractivity contribution in [3.63, 3.8) is 0 Å². The molecule has 0 radical (unpaired) electrons. The lowest BCUT2D eigenvalue weighted by molar-refractivity contribution is -0.141. The molecule has 7 heteroatoms. The molecule has 0 saturated carbocycles. The number of β-amino-alcohol motifs (C(OH)–C–C–N with tert-alkyl or cyclic N) is 1. The quantitative estimate of drug-likeness (QED) is 0.801. The fraction of sp³-hybridized carbons (Fsp3) is 0.538. The Morgan fingerprint density at radius 1 is 1.40 bits per heavy atom. The highest BCUT2D eigenvalue weighted by atomic mass is 32.1. The number of hydrogen-bond acceptors (Lipinski definition) is 4. The molecule has 20 heavy (non-hydrogen) atoms. The van der Waals surface area contributed by atoms with Crippen LogP contribution in [0, 0.1) is 0 Å². The third-order valence-corrected chi connectivity index (χ3v) is 4.91. The third-order valence-electron chi connectivity index (χ3n) is 3.89. The maximum Gasteiger partial charge on any atom is 0.326 e. The molecule has 1 aromatic heterocycles. The molecule has 0 bridgehead atoms. The highest BCUT2D eigenvalue weighted by Gasteiger charge is 2.41. The molecule has 0 spiro atoms. The molecular weight excluding hydrogens is 280 g/mol. The number of nitrogens with zero attached hydrogens (tertiary/aromatic N) is 2. The lowest BCUT2D eigenvalue weighted by Gasteiger charge is -2.32. The van der Waals surface area contributed by atoms with E-state index >= 15 is 0 Å². The minimum absolute atomic E-state index is 0.1000. The monoisotopic (exact) mass is 296 g/mol. The summed E-state index contributed by atoms with van der Waals surface area (Å²) in [7, 11) is 0. The largest absolute Gasteiger partial charge is 0.480 e. The number of likely N-dealkylation sites (tertiary alicyclic amines) is 1. The van der Waals surface area contributed by atoms with Crippen LogP contribution < -0.4 is 0 Å². The van der Waals surface area contributed by atoms with E-state index < -0.39 is 18.1 Å². The molecule has 1 aromatic rings. The molecule has 1 saturated heterocycles. The smallest absolute Gasteiger partial charge is 0.326 e. The highest BCUT2D eigenvalue weighted by molar-refractivity contribution is 7.10. The Hall–Kier alpha value is -1.60. The molecule has 6 nitrogen and oxygen atoms in total. The fourth-order valence-corrected chi connectivity index (χ4v) is 3.74. The van der Waals surface area contributed by atoms with Crippen LogP contribution in [-0.4, -0.2) is 57.2 Å². The van der Waals surface area contributed by atoms with Gasteiger partial charge in [0.25, 0.3) is 0 Å². The molecule has 3 heterocycles. The van der Waals surface area contributed by atoms with E-state index in [-0.39, 0.29) is 19.0 Å². The molecule has 2 aliphatic heterocycles. The van der Waals surface area contributed by atoms with Crippen molar-refractivity contribution < 1.29 is 19.8 Å². The molecule has 2 N–H and O–H groups in total. The van der Waals surface area contributed by atoms with Gasteiger partial charge in [0.15, 0.2) is 0 Å². The number of carbonyl (C=O) groups excluding carboxylic acids is 1. The lowest BCUT2D eigenvalue weighted by atomic mass is 10.1. The Labute approximate surface area is 120 Å². The van der Waals surface area contributed by atoms with Crippen molar-refractivity contribution in [2.45, 2.75) is 31.5 Å². The zero-order chi connectivity index (χ0) is 14.3. The Morgan fingerprint density at radius 2 is 2.20 bits per heavy atom. The first kappa shape index (κ1) is 13.4. The summed E-state index contributed by atoms with van der Waals surface area (Å²) in [6.07, 6.45) is 0.174. The van der Waals surface area contributed by atoms with Crippen LogP contribution in [0.2, 0.25) is 0 Å². The maximum atomic E-state index is 12.5. The standard InChI is InChI=1S/C13H16N2O4S/c16-9-5-10(12(17)18)15(7-9)13(19)14-3-1-11-8(6-14)2-4-20-11/h2,4,9-10,16H,1,3,5-7H2,(H,17,18). The van der Waals surface area contributed by atoms with E-state index in [1.54, 1.807) is 16.2 Å². The number of aliphatic carboxylic acids is 1. The predicted octanol–water partition coefficient (Wildman–Crippen LogP) is 0.746. The number of fused-ring (bicyclic) bond motifs is 1. The predicted molar refractivity (Wildman–Crippen MR) is 72.6 cm³/mol. The van der Waals surface area contributed by atoms with Gasteiger partial charge in [-0.25, -0.2) is 9.59 Å². The summed E-state index contributed by atoms with van der Waals surface area (Å²) in [5.74, 6) is -1.05. The van der Waals surface area contributed by atoms with Crippen molar-refractivity contribution in [2.75, 3.05) is 13.1 Å². The Kier molecular flexibility index (Phi) is 3.39. The minimum atomic E-state index is -1.05. The number of urea groups is 1. The number of aliphatic hydroxyl groups is 1. The molecule has 108 valence electrons. The summed E-state index contributed by atoms with van der Waals surface area (Å²) in [6.45, 7) is 1.23. The Bertz CT molecular complexity index is 544. The van der Waals surface area contributed by atoms with Crippen LogP contribution >= 0.6 is 11.3 Å². The number of carbonyl (C=O) groups is 2. The number of hydrogen-bond donors (Lipinski definition) is 2. The van der Waals surface area contributed by atoms with Crippen LogP contribution in [0.5, 0.6) is 0 Å². The average molecular weight is 296 g/mol. The van der Waals surface area contributed by atoms with Crippen LogP contribution in [0.4, 0.5) is 4.79 Å². The number of rotatable bonds is 1. The highest BCUT2D eigenvalue weighted by Crippen LogP contribution is 2.26.